The summed E-state index contributed by atoms with van der Waals surface area (Å²) in [6.45, 7) is 4.97. The number of benzene rings is 1. The van der Waals surface area contributed by atoms with E-state index in [1.165, 1.54) is 0 Å². The molecule has 0 aliphatic rings. The Morgan fingerprint density at radius 1 is 1.45 bits per heavy atom. The molecule has 120 valence electrons. The Kier molecular flexibility index (Phi) is 7.64. The second-order valence-electron chi connectivity index (χ2n) is 5.19. The van der Waals surface area contributed by atoms with Gasteiger partial charge in [-0.3, -0.25) is 0 Å². The van der Waals surface area contributed by atoms with Crippen molar-refractivity contribution < 1.29 is 14.6 Å². The van der Waals surface area contributed by atoms with Crippen molar-refractivity contribution in [3.05, 3.63) is 40.3 Å². The summed E-state index contributed by atoms with van der Waals surface area (Å²) in [5.74, 6) is 1.24. The van der Waals surface area contributed by atoms with E-state index in [4.69, 9.17) is 15.4 Å². The minimum Gasteiger partial charge on any atom is -0.493 e. The summed E-state index contributed by atoms with van der Waals surface area (Å²) >= 11 is 0. The van der Waals surface area contributed by atoms with Crippen LogP contribution in [0.3, 0.4) is 0 Å². The molecule has 1 amide bonds. The number of carbonyl (C=O) groups is 1. The van der Waals surface area contributed by atoms with E-state index < -0.39 is 12.1 Å². The van der Waals surface area contributed by atoms with Crippen LogP contribution in [0.1, 0.15) is 38.3 Å². The molecule has 0 fully saturated rings. The van der Waals surface area contributed by atoms with Gasteiger partial charge < -0.3 is 15.2 Å². The summed E-state index contributed by atoms with van der Waals surface area (Å²) < 4.78 is 5.70. The third kappa shape index (κ3) is 6.37. The zero-order valence-electron chi connectivity index (χ0n) is 12.9. The molecular formula is C15H22N4O3. The van der Waals surface area contributed by atoms with Crippen LogP contribution in [0.15, 0.2) is 29.4 Å². The fourth-order valence-electron chi connectivity index (χ4n) is 2.11. The highest BCUT2D eigenvalue weighted by Crippen LogP contribution is 2.19. The monoisotopic (exact) mass is 306 g/mol. The number of azide groups is 1. The molecule has 0 heterocycles. The summed E-state index contributed by atoms with van der Waals surface area (Å²) in [7, 11) is 0. The van der Waals surface area contributed by atoms with Gasteiger partial charge in [0.05, 0.1) is 19.2 Å². The standard InChI is InChI=1S/C15H22N4O3/c1-3-4-11(2)10-22-13-7-5-12(6-8-13)14(9-17-19-16)18-15(20)21/h5-8,11,14,18H,3-4,9-10H2,1-2H3,(H,20,21)/t11?,14-/m0/s1. The van der Waals surface area contributed by atoms with E-state index in [2.05, 4.69) is 29.2 Å². The lowest BCUT2D eigenvalue weighted by molar-refractivity contribution is 0.190. The van der Waals surface area contributed by atoms with Gasteiger partial charge in [-0.25, -0.2) is 4.79 Å². The number of hydrogen-bond donors (Lipinski definition) is 2. The first-order chi connectivity index (χ1) is 10.6. The van der Waals surface area contributed by atoms with Crippen LogP contribution in [0.5, 0.6) is 5.75 Å². The summed E-state index contributed by atoms with van der Waals surface area (Å²) in [6.07, 6.45) is 1.09. The van der Waals surface area contributed by atoms with Crippen LogP contribution in [0.2, 0.25) is 0 Å². The minimum atomic E-state index is -1.16. The number of carboxylic acid groups (broad SMARTS) is 1. The Hall–Kier alpha value is -2.40. The Labute approximate surface area is 129 Å². The SMILES string of the molecule is CCCC(C)COc1ccc([C@H](CN=[N+]=[N-])NC(=O)O)cc1. The maximum Gasteiger partial charge on any atom is 0.405 e. The van der Waals surface area contributed by atoms with Gasteiger partial charge in [0, 0.05) is 4.91 Å². The van der Waals surface area contributed by atoms with Crippen LogP contribution in [0.4, 0.5) is 4.79 Å². The average molecular weight is 306 g/mol. The summed E-state index contributed by atoms with van der Waals surface area (Å²) in [5, 5.41) is 14.6. The first kappa shape index (κ1) is 17.7. The second kappa shape index (κ2) is 9.52. The summed E-state index contributed by atoms with van der Waals surface area (Å²) in [5.41, 5.74) is 9.09. The van der Waals surface area contributed by atoms with E-state index >= 15 is 0 Å². The number of nitrogens with zero attached hydrogens (tertiary/aromatic N) is 3. The molecule has 0 saturated heterocycles. The highest BCUT2D eigenvalue weighted by Gasteiger charge is 2.13. The number of amides is 1. The van der Waals surface area contributed by atoms with Gasteiger partial charge in [-0.1, -0.05) is 37.5 Å². The van der Waals surface area contributed by atoms with Crippen molar-refractivity contribution in [1.29, 1.82) is 0 Å². The fourth-order valence-corrected chi connectivity index (χ4v) is 2.11. The first-order valence-electron chi connectivity index (χ1n) is 7.29. The van der Waals surface area contributed by atoms with Crippen LogP contribution in [-0.4, -0.2) is 24.4 Å². The largest absolute Gasteiger partial charge is 0.493 e. The highest BCUT2D eigenvalue weighted by atomic mass is 16.5. The van der Waals surface area contributed by atoms with E-state index in [9.17, 15) is 4.79 Å². The Bertz CT molecular complexity index is 508. The lowest BCUT2D eigenvalue weighted by atomic mass is 10.1. The van der Waals surface area contributed by atoms with Gasteiger partial charge >= 0.3 is 6.09 Å². The predicted molar refractivity (Wildman–Crippen MR) is 83.9 cm³/mol. The lowest BCUT2D eigenvalue weighted by Gasteiger charge is -2.16. The molecule has 22 heavy (non-hydrogen) atoms. The number of rotatable bonds is 9. The van der Waals surface area contributed by atoms with Gasteiger partial charge in [-0.05, 0) is 35.6 Å². The van der Waals surface area contributed by atoms with Crippen molar-refractivity contribution in [2.24, 2.45) is 11.0 Å². The van der Waals surface area contributed by atoms with E-state index in [-0.39, 0.29) is 6.54 Å². The Morgan fingerprint density at radius 3 is 2.68 bits per heavy atom. The van der Waals surface area contributed by atoms with Crippen LogP contribution in [0.25, 0.3) is 10.4 Å². The molecule has 1 aromatic carbocycles. The predicted octanol–water partition coefficient (Wildman–Crippen LogP) is 4.12. The molecule has 0 aliphatic heterocycles. The molecule has 1 aromatic rings. The molecule has 0 aromatic heterocycles. The van der Waals surface area contributed by atoms with E-state index in [1.54, 1.807) is 24.3 Å². The topological polar surface area (TPSA) is 107 Å². The average Bonchev–Trinajstić information content (AvgIpc) is 2.50. The normalized spacial score (nSPS) is 12.8. The van der Waals surface area contributed by atoms with Gasteiger partial charge in [0.25, 0.3) is 0 Å². The van der Waals surface area contributed by atoms with Crippen molar-refractivity contribution in [3.8, 4) is 5.75 Å². The molecule has 2 N–H and O–H groups in total. The zero-order valence-corrected chi connectivity index (χ0v) is 12.9. The maximum atomic E-state index is 10.8. The maximum absolute atomic E-state index is 10.8. The minimum absolute atomic E-state index is 0.0243. The van der Waals surface area contributed by atoms with E-state index in [1.807, 2.05) is 0 Å². The third-order valence-electron chi connectivity index (χ3n) is 3.22. The summed E-state index contributed by atoms with van der Waals surface area (Å²) in [6, 6.07) is 6.56. The van der Waals surface area contributed by atoms with Crippen molar-refractivity contribution in [3.63, 3.8) is 0 Å². The van der Waals surface area contributed by atoms with E-state index in [0.717, 1.165) is 24.2 Å². The molecular weight excluding hydrogens is 284 g/mol. The smallest absolute Gasteiger partial charge is 0.405 e. The van der Waals surface area contributed by atoms with Gasteiger partial charge in [0.1, 0.15) is 5.75 Å². The third-order valence-corrected chi connectivity index (χ3v) is 3.22. The molecule has 7 heteroatoms. The molecule has 0 aliphatic carbocycles. The van der Waals surface area contributed by atoms with Crippen LogP contribution in [-0.2, 0) is 0 Å². The van der Waals surface area contributed by atoms with Crippen LogP contribution >= 0.6 is 0 Å². The van der Waals surface area contributed by atoms with E-state index in [0.29, 0.717) is 12.5 Å². The molecule has 7 nitrogen and oxygen atoms in total. The zero-order chi connectivity index (χ0) is 16.4. The quantitative estimate of drug-likeness (QED) is 0.407. The molecule has 0 bridgehead atoms. The Balaban J connectivity index is 2.67. The molecule has 2 atom stereocenters. The fraction of sp³-hybridized carbons (Fsp3) is 0.533. The van der Waals surface area contributed by atoms with Crippen LogP contribution < -0.4 is 10.1 Å². The van der Waals surface area contributed by atoms with Gasteiger partial charge in [0.15, 0.2) is 0 Å². The Morgan fingerprint density at radius 2 is 2.14 bits per heavy atom. The summed E-state index contributed by atoms with van der Waals surface area (Å²) in [4.78, 5) is 13.4. The van der Waals surface area contributed by atoms with Crippen LogP contribution in [0, 0.1) is 5.92 Å². The number of hydrogen-bond acceptors (Lipinski definition) is 3. The van der Waals surface area contributed by atoms with Gasteiger partial charge in [-0.2, -0.15) is 0 Å². The van der Waals surface area contributed by atoms with Crippen molar-refractivity contribution >= 4 is 6.09 Å². The molecule has 0 radical (unpaired) electrons. The van der Waals surface area contributed by atoms with Gasteiger partial charge in [-0.15, -0.1) is 0 Å². The highest BCUT2D eigenvalue weighted by molar-refractivity contribution is 5.65. The number of nitrogens with one attached hydrogen (secondary N) is 1. The van der Waals surface area contributed by atoms with Crippen molar-refractivity contribution in [2.45, 2.75) is 32.7 Å². The molecule has 0 saturated carbocycles. The molecule has 1 rings (SSSR count). The number of ether oxygens (including phenoxy) is 1. The van der Waals surface area contributed by atoms with Crippen molar-refractivity contribution in [2.75, 3.05) is 13.2 Å². The first-order valence-corrected chi connectivity index (χ1v) is 7.29. The lowest BCUT2D eigenvalue weighted by Crippen LogP contribution is -2.28. The molecule has 0 spiro atoms. The molecule has 1 unspecified atom stereocenters. The second-order valence-corrected chi connectivity index (χ2v) is 5.19. The van der Waals surface area contributed by atoms with Gasteiger partial charge in [0.2, 0.25) is 0 Å². The van der Waals surface area contributed by atoms with Crippen molar-refractivity contribution in [1.82, 2.24) is 5.32 Å².